The molecule has 1 aliphatic carbocycles. The summed E-state index contributed by atoms with van der Waals surface area (Å²) in [6.07, 6.45) is 2.64. The number of likely N-dealkylation sites (tertiary alicyclic amines) is 1. The van der Waals surface area contributed by atoms with E-state index in [4.69, 9.17) is 11.6 Å². The van der Waals surface area contributed by atoms with Crippen molar-refractivity contribution in [1.82, 2.24) is 10.2 Å². The second-order valence-corrected chi connectivity index (χ2v) is 7.61. The Kier molecular flexibility index (Phi) is 4.72. The van der Waals surface area contributed by atoms with E-state index in [9.17, 15) is 14.7 Å². The van der Waals surface area contributed by atoms with E-state index >= 15 is 0 Å². The molecule has 2 amide bonds. The molecule has 3 rings (SSSR count). The van der Waals surface area contributed by atoms with Gasteiger partial charge in [0.2, 0.25) is 0 Å². The zero-order valence-electron chi connectivity index (χ0n) is 13.8. The minimum atomic E-state index is -0.825. The highest BCUT2D eigenvalue weighted by Gasteiger charge is 2.46. The molecule has 1 aromatic carbocycles. The third-order valence-electron chi connectivity index (χ3n) is 5.17. The summed E-state index contributed by atoms with van der Waals surface area (Å²) in [5.74, 6) is -1.10. The van der Waals surface area contributed by atoms with Crippen molar-refractivity contribution in [1.29, 1.82) is 0 Å². The summed E-state index contributed by atoms with van der Waals surface area (Å²) in [6.45, 7) is 3.42. The first-order chi connectivity index (χ1) is 11.4. The molecule has 1 aliphatic heterocycles. The number of urea groups is 1. The van der Waals surface area contributed by atoms with Crippen molar-refractivity contribution < 1.29 is 14.7 Å². The van der Waals surface area contributed by atoms with Crippen LogP contribution in [0.4, 0.5) is 4.79 Å². The first kappa shape index (κ1) is 17.1. The molecule has 130 valence electrons. The lowest BCUT2D eigenvalue weighted by Crippen LogP contribution is -2.50. The van der Waals surface area contributed by atoms with E-state index in [2.05, 4.69) is 5.32 Å². The van der Waals surface area contributed by atoms with E-state index in [1.807, 2.05) is 31.2 Å². The van der Waals surface area contributed by atoms with Gasteiger partial charge in [-0.1, -0.05) is 36.7 Å². The summed E-state index contributed by atoms with van der Waals surface area (Å²) in [6, 6.07) is 7.59. The summed E-state index contributed by atoms with van der Waals surface area (Å²) in [4.78, 5) is 25.4. The van der Waals surface area contributed by atoms with Gasteiger partial charge in [0, 0.05) is 30.1 Å². The SMILES string of the molecule is CC1CC(C(=O)O)CN(C(=O)NCC2(c3ccccc3Cl)CC2)C1. The number of aliphatic carboxylic acids is 1. The Morgan fingerprint density at radius 3 is 2.67 bits per heavy atom. The number of hydrogen-bond donors (Lipinski definition) is 2. The molecule has 2 fully saturated rings. The first-order valence-electron chi connectivity index (χ1n) is 8.42. The standard InChI is InChI=1S/C18H23ClN2O3/c1-12-8-13(16(22)23)10-21(9-12)17(24)20-11-18(6-7-18)14-4-2-3-5-15(14)19/h2-5,12-13H,6-11H2,1H3,(H,20,24)(H,22,23). The second-order valence-electron chi connectivity index (χ2n) is 7.20. The number of nitrogens with one attached hydrogen (secondary N) is 1. The minimum absolute atomic E-state index is 0.0679. The number of rotatable bonds is 4. The van der Waals surface area contributed by atoms with Gasteiger partial charge in [0.15, 0.2) is 0 Å². The van der Waals surface area contributed by atoms with E-state index in [1.165, 1.54) is 0 Å². The molecule has 1 heterocycles. The van der Waals surface area contributed by atoms with Crippen LogP contribution in [0.15, 0.2) is 24.3 Å². The van der Waals surface area contributed by atoms with Crippen LogP contribution >= 0.6 is 11.6 Å². The Bertz CT molecular complexity index is 645. The average Bonchev–Trinajstić information content (AvgIpc) is 3.33. The van der Waals surface area contributed by atoms with Crippen molar-refractivity contribution >= 4 is 23.6 Å². The molecule has 2 unspecified atom stereocenters. The predicted octanol–water partition coefficient (Wildman–Crippen LogP) is 3.12. The number of benzene rings is 1. The molecule has 1 aromatic rings. The van der Waals surface area contributed by atoms with E-state index in [0.717, 1.165) is 23.4 Å². The molecule has 1 saturated heterocycles. The normalized spacial score (nSPS) is 25.2. The van der Waals surface area contributed by atoms with Crippen LogP contribution < -0.4 is 5.32 Å². The third-order valence-corrected chi connectivity index (χ3v) is 5.50. The van der Waals surface area contributed by atoms with Crippen molar-refractivity contribution in [3.8, 4) is 0 Å². The summed E-state index contributed by atoms with van der Waals surface area (Å²) in [5, 5.41) is 13.0. The molecule has 2 atom stereocenters. The molecule has 0 radical (unpaired) electrons. The lowest BCUT2D eigenvalue weighted by atomic mass is 9.91. The topological polar surface area (TPSA) is 69.6 Å². The van der Waals surface area contributed by atoms with Crippen LogP contribution in [0.3, 0.4) is 0 Å². The van der Waals surface area contributed by atoms with Crippen LogP contribution in [-0.2, 0) is 10.2 Å². The highest BCUT2D eigenvalue weighted by molar-refractivity contribution is 6.31. The second kappa shape index (κ2) is 6.63. The third kappa shape index (κ3) is 3.51. The van der Waals surface area contributed by atoms with Gasteiger partial charge in [-0.15, -0.1) is 0 Å². The zero-order chi connectivity index (χ0) is 17.3. The number of nitrogens with zero attached hydrogens (tertiary/aromatic N) is 1. The van der Waals surface area contributed by atoms with Crippen LogP contribution in [-0.4, -0.2) is 41.6 Å². The lowest BCUT2D eigenvalue weighted by molar-refractivity contribution is -0.143. The van der Waals surface area contributed by atoms with Gasteiger partial charge >= 0.3 is 12.0 Å². The molecule has 5 nitrogen and oxygen atoms in total. The number of amides is 2. The maximum Gasteiger partial charge on any atom is 0.317 e. The highest BCUT2D eigenvalue weighted by Crippen LogP contribution is 2.49. The van der Waals surface area contributed by atoms with Gasteiger partial charge in [-0.25, -0.2) is 4.79 Å². The quantitative estimate of drug-likeness (QED) is 0.876. The fourth-order valence-electron chi connectivity index (χ4n) is 3.64. The van der Waals surface area contributed by atoms with Gasteiger partial charge in [0.1, 0.15) is 0 Å². The van der Waals surface area contributed by atoms with Gasteiger partial charge in [-0.2, -0.15) is 0 Å². The van der Waals surface area contributed by atoms with Crippen molar-refractivity contribution in [2.24, 2.45) is 11.8 Å². The molecule has 2 N–H and O–H groups in total. The fourth-order valence-corrected chi connectivity index (χ4v) is 3.97. The van der Waals surface area contributed by atoms with Crippen molar-refractivity contribution in [2.45, 2.75) is 31.6 Å². The molecule has 1 saturated carbocycles. The molecular formula is C18H23ClN2O3. The van der Waals surface area contributed by atoms with Crippen LogP contribution in [0, 0.1) is 11.8 Å². The summed E-state index contributed by atoms with van der Waals surface area (Å²) >= 11 is 6.30. The predicted molar refractivity (Wildman–Crippen MR) is 92.2 cm³/mol. The van der Waals surface area contributed by atoms with Gasteiger partial charge in [0.05, 0.1) is 5.92 Å². The summed E-state index contributed by atoms with van der Waals surface area (Å²) < 4.78 is 0. The van der Waals surface area contributed by atoms with Gasteiger partial charge in [0.25, 0.3) is 0 Å². The van der Waals surface area contributed by atoms with Crippen LogP contribution in [0.2, 0.25) is 5.02 Å². The number of hydrogen-bond acceptors (Lipinski definition) is 2. The maximum absolute atomic E-state index is 12.5. The van der Waals surface area contributed by atoms with E-state index in [-0.39, 0.29) is 23.9 Å². The number of carboxylic acid groups (broad SMARTS) is 1. The number of carbonyl (C=O) groups excluding carboxylic acids is 1. The molecule has 24 heavy (non-hydrogen) atoms. The fraction of sp³-hybridized carbons (Fsp3) is 0.556. The Balaban J connectivity index is 1.61. The van der Waals surface area contributed by atoms with Crippen molar-refractivity contribution in [3.63, 3.8) is 0 Å². The van der Waals surface area contributed by atoms with Crippen LogP contribution in [0.25, 0.3) is 0 Å². The van der Waals surface area contributed by atoms with E-state index in [0.29, 0.717) is 19.5 Å². The van der Waals surface area contributed by atoms with E-state index < -0.39 is 11.9 Å². The van der Waals surface area contributed by atoms with Crippen LogP contribution in [0.1, 0.15) is 31.7 Å². The molecule has 2 aliphatic rings. The molecular weight excluding hydrogens is 328 g/mol. The molecule has 0 spiro atoms. The number of carboxylic acids is 1. The number of carbonyl (C=O) groups is 2. The monoisotopic (exact) mass is 350 g/mol. The minimum Gasteiger partial charge on any atom is -0.481 e. The van der Waals surface area contributed by atoms with Crippen molar-refractivity contribution in [2.75, 3.05) is 19.6 Å². The van der Waals surface area contributed by atoms with Crippen molar-refractivity contribution in [3.05, 3.63) is 34.9 Å². The molecule has 0 bridgehead atoms. The maximum atomic E-state index is 12.5. The van der Waals surface area contributed by atoms with Gasteiger partial charge < -0.3 is 15.3 Å². The average molecular weight is 351 g/mol. The smallest absolute Gasteiger partial charge is 0.317 e. The Morgan fingerprint density at radius 2 is 2.04 bits per heavy atom. The summed E-state index contributed by atoms with van der Waals surface area (Å²) in [5.41, 5.74) is 1.02. The Morgan fingerprint density at radius 1 is 1.33 bits per heavy atom. The molecule has 0 aromatic heterocycles. The Labute approximate surface area is 147 Å². The molecule has 6 heteroatoms. The first-order valence-corrected chi connectivity index (χ1v) is 8.80. The van der Waals surface area contributed by atoms with E-state index in [1.54, 1.807) is 4.90 Å². The van der Waals surface area contributed by atoms with Gasteiger partial charge in [-0.3, -0.25) is 4.79 Å². The largest absolute Gasteiger partial charge is 0.481 e. The summed E-state index contributed by atoms with van der Waals surface area (Å²) in [7, 11) is 0. The van der Waals surface area contributed by atoms with Crippen LogP contribution in [0.5, 0.6) is 0 Å². The number of halogens is 1. The zero-order valence-corrected chi connectivity index (χ0v) is 14.6. The lowest BCUT2D eigenvalue weighted by Gasteiger charge is -2.35. The highest BCUT2D eigenvalue weighted by atomic mass is 35.5. The van der Waals surface area contributed by atoms with Gasteiger partial charge in [-0.05, 0) is 36.8 Å². The number of piperidine rings is 1. The Hall–Kier alpha value is -1.75.